The van der Waals surface area contributed by atoms with Crippen molar-refractivity contribution in [3.8, 4) is 0 Å². The summed E-state index contributed by atoms with van der Waals surface area (Å²) < 4.78 is 0. The van der Waals surface area contributed by atoms with Crippen LogP contribution in [0.5, 0.6) is 0 Å². The van der Waals surface area contributed by atoms with Crippen molar-refractivity contribution < 1.29 is 34.6 Å². The molecule has 0 atom stereocenters. The molecule has 0 unspecified atom stereocenters. The van der Waals surface area contributed by atoms with Crippen LogP contribution in [-0.4, -0.2) is 39.3 Å². The quantitative estimate of drug-likeness (QED) is 0.251. The summed E-state index contributed by atoms with van der Waals surface area (Å²) >= 11 is 7.12. The molecule has 2 N–H and O–H groups in total. The number of hydrogen-bond acceptors (Lipinski definition) is 4. The highest BCUT2D eigenvalue weighted by Gasteiger charge is 2.22. The topological polar surface area (TPSA) is 8.88 Å². The second kappa shape index (κ2) is 13.8. The molecule has 4 aromatic heterocycles. The van der Waals surface area contributed by atoms with Crippen LogP contribution in [0.4, 0.5) is 0 Å². The number of piperazine rings is 1. The molecule has 0 amide bonds. The van der Waals surface area contributed by atoms with Crippen molar-refractivity contribution in [1.29, 1.82) is 0 Å². The Hall–Kier alpha value is -1.22. The van der Waals surface area contributed by atoms with E-state index in [2.05, 4.69) is 79.5 Å². The van der Waals surface area contributed by atoms with E-state index in [1.807, 2.05) is 0 Å². The highest BCUT2D eigenvalue weighted by Crippen LogP contribution is 2.27. The van der Waals surface area contributed by atoms with Crippen LogP contribution in [0.1, 0.15) is 22.3 Å². The largest absolute Gasteiger partial charge is 1.00 e. The van der Waals surface area contributed by atoms with Gasteiger partial charge in [0.05, 0.1) is 13.1 Å². The number of quaternary nitrogens is 2. The van der Waals surface area contributed by atoms with Gasteiger partial charge < -0.3 is 34.6 Å². The SMILES string of the molecule is C(C[NH+]1CC[NH+](CC=C(c2ccsc2)c2ccsc2)CC1)=C(c1ccsc1)c1ccsc1.[Cl-].[Cl-]. The van der Waals surface area contributed by atoms with Gasteiger partial charge in [0.15, 0.2) is 0 Å². The predicted octanol–water partition coefficient (Wildman–Crippen LogP) is -1.71. The van der Waals surface area contributed by atoms with Gasteiger partial charge in [-0.3, -0.25) is 0 Å². The summed E-state index contributed by atoms with van der Waals surface area (Å²) in [6, 6.07) is 8.99. The summed E-state index contributed by atoms with van der Waals surface area (Å²) in [5, 5.41) is 17.8. The lowest BCUT2D eigenvalue weighted by atomic mass is 10.0. The molecule has 0 spiro atoms. The average Bonchev–Trinajstić information content (AvgIpc) is 3.65. The molecule has 1 aliphatic rings. The predicted molar refractivity (Wildman–Crippen MR) is 143 cm³/mol. The maximum atomic E-state index is 2.47. The number of halogens is 2. The van der Waals surface area contributed by atoms with Gasteiger partial charge in [-0.1, -0.05) is 0 Å². The molecule has 0 aromatic carbocycles. The van der Waals surface area contributed by atoms with Gasteiger partial charge in [-0.2, -0.15) is 45.3 Å². The molecule has 0 bridgehead atoms. The highest BCUT2D eigenvalue weighted by molar-refractivity contribution is 7.09. The number of rotatable bonds is 8. The van der Waals surface area contributed by atoms with Gasteiger partial charge in [-0.25, -0.2) is 0 Å². The van der Waals surface area contributed by atoms with Gasteiger partial charge in [0.1, 0.15) is 26.2 Å². The Labute approximate surface area is 230 Å². The minimum absolute atomic E-state index is 0. The van der Waals surface area contributed by atoms with E-state index < -0.39 is 0 Å². The van der Waals surface area contributed by atoms with E-state index >= 15 is 0 Å². The van der Waals surface area contributed by atoms with Gasteiger partial charge >= 0.3 is 0 Å². The van der Waals surface area contributed by atoms with Crippen molar-refractivity contribution in [2.45, 2.75) is 0 Å². The molecule has 0 saturated carbocycles. The molecule has 180 valence electrons. The second-order valence-corrected chi connectivity index (χ2v) is 11.3. The third-order valence-corrected chi connectivity index (χ3v) is 8.92. The van der Waals surface area contributed by atoms with E-state index in [9.17, 15) is 0 Å². The van der Waals surface area contributed by atoms with E-state index in [1.54, 1.807) is 55.1 Å². The smallest absolute Gasteiger partial charge is 0.127 e. The lowest BCUT2D eigenvalue weighted by molar-refractivity contribution is -1.01. The van der Waals surface area contributed by atoms with E-state index in [4.69, 9.17) is 0 Å². The molecule has 2 nitrogen and oxygen atoms in total. The summed E-state index contributed by atoms with van der Waals surface area (Å²) in [5.74, 6) is 0. The van der Waals surface area contributed by atoms with Crippen LogP contribution in [0, 0.1) is 0 Å². The highest BCUT2D eigenvalue weighted by atomic mass is 35.5. The fourth-order valence-corrected chi connectivity index (χ4v) is 6.96. The second-order valence-electron chi connectivity index (χ2n) is 8.19. The van der Waals surface area contributed by atoms with E-state index in [0.717, 1.165) is 13.1 Å². The van der Waals surface area contributed by atoms with Crippen LogP contribution in [0.3, 0.4) is 0 Å². The Morgan fingerprint density at radius 3 is 1.09 bits per heavy atom. The van der Waals surface area contributed by atoms with Crippen molar-refractivity contribution in [2.24, 2.45) is 0 Å². The van der Waals surface area contributed by atoms with Gasteiger partial charge in [0.2, 0.25) is 0 Å². The molecule has 5 rings (SSSR count). The number of nitrogens with one attached hydrogen (secondary N) is 2. The first-order valence-corrected chi connectivity index (χ1v) is 14.8. The number of thiophene rings is 4. The van der Waals surface area contributed by atoms with Crippen molar-refractivity contribution in [3.63, 3.8) is 0 Å². The zero-order chi connectivity index (χ0) is 21.6. The third kappa shape index (κ3) is 6.93. The average molecular weight is 568 g/mol. The molecule has 8 heteroatoms. The van der Waals surface area contributed by atoms with Crippen molar-refractivity contribution in [1.82, 2.24) is 0 Å². The monoisotopic (exact) mass is 566 g/mol. The summed E-state index contributed by atoms with van der Waals surface area (Å²) in [5.41, 5.74) is 8.23. The lowest BCUT2D eigenvalue weighted by Crippen LogP contribution is -3.28. The molecule has 34 heavy (non-hydrogen) atoms. The van der Waals surface area contributed by atoms with Crippen molar-refractivity contribution in [3.05, 3.63) is 102 Å². The normalized spacial score (nSPS) is 17.3. The first kappa shape index (κ1) is 27.4. The summed E-state index contributed by atoms with van der Waals surface area (Å²) in [4.78, 5) is 3.41. The Morgan fingerprint density at radius 2 is 0.853 bits per heavy atom. The Balaban J connectivity index is 0.00000162. The molecule has 0 radical (unpaired) electrons. The van der Waals surface area contributed by atoms with Gasteiger partial charge in [0, 0.05) is 0 Å². The van der Waals surface area contributed by atoms with E-state index in [0.29, 0.717) is 0 Å². The van der Waals surface area contributed by atoms with Crippen LogP contribution in [0.2, 0.25) is 0 Å². The molecular weight excluding hydrogens is 539 g/mol. The summed E-state index contributed by atoms with van der Waals surface area (Å²) in [6.07, 6.45) is 4.94. The Morgan fingerprint density at radius 1 is 0.559 bits per heavy atom. The standard InChI is InChI=1S/C26H26N2S4.2ClH/c1(25(21-3-13-29-17-21)22-4-14-30-18-22)7-27-9-11-28(12-10-27)8-2-26(23-5-15-31-19-23)24-6-16-32-20-24;;/h1-6,13-20H,7-12H2;2*1H. The molecule has 5 heterocycles. The molecule has 4 aromatic rings. The number of hydrogen-bond donors (Lipinski definition) is 2. The fourth-order valence-electron chi connectivity index (χ4n) is 4.33. The molecule has 1 aliphatic heterocycles. The van der Waals surface area contributed by atoms with Crippen molar-refractivity contribution >= 4 is 56.5 Å². The maximum absolute atomic E-state index is 2.47. The minimum atomic E-state index is 0. The van der Waals surface area contributed by atoms with E-state index in [-0.39, 0.29) is 24.8 Å². The Kier molecular flexibility index (Phi) is 11.1. The van der Waals surface area contributed by atoms with Gasteiger partial charge in [-0.05, 0) is 113 Å². The van der Waals surface area contributed by atoms with Crippen LogP contribution >= 0.6 is 45.3 Å². The third-order valence-electron chi connectivity index (χ3n) is 6.18. The van der Waals surface area contributed by atoms with Gasteiger partial charge in [-0.15, -0.1) is 0 Å². The Bertz CT molecular complexity index is 959. The van der Waals surface area contributed by atoms with Crippen molar-refractivity contribution in [2.75, 3.05) is 39.3 Å². The molecular formula is C26H28Cl2N2S4. The van der Waals surface area contributed by atoms with Crippen LogP contribution in [0.15, 0.2) is 79.5 Å². The molecule has 0 aliphatic carbocycles. The first-order chi connectivity index (χ1) is 15.9. The lowest BCUT2D eigenvalue weighted by Gasteiger charge is -2.28. The zero-order valence-corrected chi connectivity index (χ0v) is 23.5. The molecule has 1 fully saturated rings. The summed E-state index contributed by atoms with van der Waals surface area (Å²) in [6.45, 7) is 7.19. The van der Waals surface area contributed by atoms with Crippen LogP contribution in [-0.2, 0) is 0 Å². The molecule has 1 saturated heterocycles. The minimum Gasteiger partial charge on any atom is -1.00 e. The fraction of sp³-hybridized carbons (Fsp3) is 0.231. The summed E-state index contributed by atoms with van der Waals surface area (Å²) in [7, 11) is 0. The van der Waals surface area contributed by atoms with Gasteiger partial charge in [0.25, 0.3) is 0 Å². The maximum Gasteiger partial charge on any atom is 0.127 e. The van der Waals surface area contributed by atoms with E-state index in [1.165, 1.54) is 59.6 Å². The van der Waals surface area contributed by atoms with Crippen LogP contribution < -0.4 is 34.6 Å². The first-order valence-electron chi connectivity index (χ1n) is 11.0. The van der Waals surface area contributed by atoms with Crippen LogP contribution in [0.25, 0.3) is 11.1 Å². The zero-order valence-electron chi connectivity index (χ0n) is 18.7.